The number of carbonyl (C=O) groups excluding carboxylic acids is 4. The number of rotatable bonds is 22. The molecule has 22 heteroatoms. The van der Waals surface area contributed by atoms with Crippen molar-refractivity contribution in [2.45, 2.75) is 85.0 Å². The number of ketones is 3. The number of nitro benzene ring substituents is 3. The zero-order chi connectivity index (χ0) is 59.2. The predicted octanol–water partition coefficient (Wildman–Crippen LogP) is 15.4. The molecule has 6 aromatic carbocycles. The summed E-state index contributed by atoms with van der Waals surface area (Å²) in [6.45, 7) is 6.05. The van der Waals surface area contributed by atoms with Crippen LogP contribution in [0.4, 0.5) is 17.1 Å². The molecule has 2 aromatic heterocycles. The number of hydrogen-bond donors (Lipinski definition) is 1. The average molecular weight is 1370 g/mol. The molecule has 0 unspecified atom stereocenters. The number of nitrogens with zero attached hydrogens (tertiary/aromatic N) is 3. The molecule has 0 aliphatic rings. The maximum atomic E-state index is 13.1. The first-order valence-corrected chi connectivity index (χ1v) is 34.4. The second-order valence-electron chi connectivity index (χ2n) is 17.8. The van der Waals surface area contributed by atoms with Gasteiger partial charge in [-0.2, -0.15) is 0 Å². The summed E-state index contributed by atoms with van der Waals surface area (Å²) in [6.07, 6.45) is 6.45. The van der Waals surface area contributed by atoms with Crippen LogP contribution in [0.2, 0.25) is 0 Å². The van der Waals surface area contributed by atoms with E-state index in [9.17, 15) is 54.6 Å². The minimum absolute atomic E-state index is 0.0652. The number of aromatic hydroxyl groups is 1. The zero-order valence-corrected chi connectivity index (χ0v) is 50.5. The van der Waals surface area contributed by atoms with Crippen molar-refractivity contribution in [1.82, 2.24) is 0 Å². The first-order chi connectivity index (χ1) is 38.9. The summed E-state index contributed by atoms with van der Waals surface area (Å²) >= 11 is 4.74. The predicted molar refractivity (Wildman–Crippen MR) is 318 cm³/mol. The fraction of sp³-hybridized carbons (Fsp3) is 0.254. The molecule has 0 saturated heterocycles. The Morgan fingerprint density at radius 1 is 0.556 bits per heavy atom. The number of non-ortho nitro benzene ring substituents is 3. The summed E-state index contributed by atoms with van der Waals surface area (Å²) in [5.41, 5.74) is 3.00. The maximum absolute atomic E-state index is 13.1. The van der Waals surface area contributed by atoms with Crippen molar-refractivity contribution in [2.75, 3.05) is 14.2 Å². The van der Waals surface area contributed by atoms with Gasteiger partial charge in [0.2, 0.25) is 0 Å². The number of furan rings is 2. The molecule has 0 bridgehead atoms. The third-order valence-corrected chi connectivity index (χ3v) is 12.3. The van der Waals surface area contributed by atoms with Gasteiger partial charge in [0.25, 0.3) is 17.1 Å². The van der Waals surface area contributed by atoms with Gasteiger partial charge in [0.1, 0.15) is 45.7 Å². The van der Waals surface area contributed by atoms with Crippen LogP contribution >= 0.6 is 40.0 Å². The van der Waals surface area contributed by atoms with Gasteiger partial charge in [0, 0.05) is 95.1 Å². The van der Waals surface area contributed by atoms with Gasteiger partial charge in [-0.1, -0.05) is 40.0 Å². The number of phenols is 1. The van der Waals surface area contributed by atoms with E-state index in [1.54, 1.807) is 61.7 Å². The Kier molecular flexibility index (Phi) is 25.5. The Bertz CT molecular complexity index is 3490. The number of nitro groups is 3. The summed E-state index contributed by atoms with van der Waals surface area (Å²) in [6, 6.07) is 31.7. The zero-order valence-electron chi connectivity index (χ0n) is 44.8. The molecule has 81 heavy (non-hydrogen) atoms. The molecule has 0 radical (unpaired) electrons. The first kappa shape index (κ1) is 64.3. The minimum atomic E-state index is -0.552. The fourth-order valence-corrected chi connectivity index (χ4v) is 8.13. The SMILES string of the molecule is CCCCC(=O)Oc1ccc([N+](=O)[O-])cc1CC(=O)c1ccc(OC)cc1.CCCCc1oc2ccc([N+](=O)[O-])cc2c1C(=O)c1ccc(O)cc1.CCCCc1oc2ccc([N+](=O)[O-])cc2c1C(=O)c1ccc(OC)cc1.[I][V][I]. The van der Waals surface area contributed by atoms with Gasteiger partial charge in [-0.25, -0.2) is 0 Å². The Labute approximate surface area is 495 Å². The van der Waals surface area contributed by atoms with Crippen molar-refractivity contribution < 1.29 is 71.6 Å². The summed E-state index contributed by atoms with van der Waals surface area (Å²) in [7, 11) is 3.71. The van der Waals surface area contributed by atoms with Crippen molar-refractivity contribution in [1.29, 1.82) is 0 Å². The van der Waals surface area contributed by atoms with Gasteiger partial charge in [0.05, 0.1) is 40.1 Å². The van der Waals surface area contributed by atoms with E-state index in [4.69, 9.17) is 23.0 Å². The van der Waals surface area contributed by atoms with Gasteiger partial charge >= 0.3 is 55.4 Å². The van der Waals surface area contributed by atoms with Crippen molar-refractivity contribution in [2.24, 2.45) is 0 Å². The van der Waals surface area contributed by atoms with Gasteiger partial charge in [-0.3, -0.25) is 49.5 Å². The van der Waals surface area contributed by atoms with Crippen molar-refractivity contribution in [3.63, 3.8) is 0 Å². The molecule has 0 fully saturated rings. The average Bonchev–Trinajstić information content (AvgIpc) is 4.15. The number of Topliss-reactive ketones (excluding diaryl/α,β-unsaturated/α-hetero) is 1. The van der Waals surface area contributed by atoms with Gasteiger partial charge in [0.15, 0.2) is 17.3 Å². The summed E-state index contributed by atoms with van der Waals surface area (Å²) in [4.78, 5) is 82.3. The molecule has 423 valence electrons. The molecular weight excluding hydrogens is 1310 g/mol. The number of ether oxygens (including phenoxy) is 3. The van der Waals surface area contributed by atoms with Crippen LogP contribution < -0.4 is 14.2 Å². The van der Waals surface area contributed by atoms with E-state index in [-0.39, 0.29) is 58.8 Å². The van der Waals surface area contributed by atoms with Crippen LogP contribution in [0.5, 0.6) is 23.0 Å². The van der Waals surface area contributed by atoms with E-state index in [1.165, 1.54) is 79.9 Å². The Hall–Kier alpha value is -7.48. The first-order valence-electron chi connectivity index (χ1n) is 25.4. The number of carbonyl (C=O) groups is 4. The molecule has 0 amide bonds. The summed E-state index contributed by atoms with van der Waals surface area (Å²) in [5, 5.41) is 43.6. The molecule has 0 aliphatic carbocycles. The number of unbranched alkanes of at least 4 members (excludes halogenated alkanes) is 3. The van der Waals surface area contributed by atoms with Gasteiger partial charge in [-0.15, -0.1) is 0 Å². The van der Waals surface area contributed by atoms with E-state index in [0.29, 0.717) is 107 Å². The van der Waals surface area contributed by atoms with Gasteiger partial charge < -0.3 is 28.2 Å². The standard InChI is InChI=1S/C20H21NO6.C20H19NO5.C19H17NO5.2HI.V/c1-3-4-5-20(23)27-19-11-8-16(21(24)25)12-15(19)13-18(22)14-6-9-17(26-2)10-7-14;1-3-4-5-18-19(20(22)13-6-9-15(25-2)10-7-13)16-12-14(21(23)24)8-11-17(16)26-18;1-2-3-4-17-18(19(22)12-5-8-14(21)9-6-12)15-11-13(20(23)24)7-10-16(15)25-17;;;/h6-12H,3-5,13H2,1-2H3;6-12H,3-5H2,1-2H3;5-11,21H,2-4H2,1H3;2*1H;/q;;;;;+2/p-2. The van der Waals surface area contributed by atoms with Crippen molar-refractivity contribution in [3.8, 4) is 23.0 Å². The number of aryl methyl sites for hydroxylation is 2. The molecule has 0 saturated carbocycles. The number of methoxy groups -OCH3 is 2. The monoisotopic (exact) mass is 1370 g/mol. The molecule has 8 rings (SSSR count). The number of hydrogen-bond acceptors (Lipinski definition) is 16. The Morgan fingerprint density at radius 3 is 1.36 bits per heavy atom. The summed E-state index contributed by atoms with van der Waals surface area (Å²) in [5.74, 6) is 1.46. The molecular formula is C59H57I2N3O16V. The van der Waals surface area contributed by atoms with Crippen LogP contribution in [0.25, 0.3) is 21.9 Å². The molecule has 0 spiro atoms. The number of fused-ring (bicyclic) bond motifs is 2. The number of phenolic OH excluding ortho intramolecular Hbond substituents is 1. The Balaban J connectivity index is 0.000000218. The second kappa shape index (κ2) is 32.1. The van der Waals surface area contributed by atoms with Crippen LogP contribution in [-0.4, -0.2) is 57.4 Å². The second-order valence-corrected chi connectivity index (χ2v) is 29.6. The van der Waals surface area contributed by atoms with E-state index in [2.05, 4.69) is 46.9 Å². The van der Waals surface area contributed by atoms with Crippen LogP contribution in [0.15, 0.2) is 136 Å². The van der Waals surface area contributed by atoms with Crippen LogP contribution in [0, 0.1) is 30.3 Å². The number of esters is 1. The van der Waals surface area contributed by atoms with Crippen LogP contribution in [0.1, 0.15) is 125 Å². The normalized spacial score (nSPS) is 10.5. The molecule has 0 aliphatic heterocycles. The molecule has 1 N–H and O–H groups in total. The Morgan fingerprint density at radius 2 is 0.951 bits per heavy atom. The van der Waals surface area contributed by atoms with E-state index >= 15 is 0 Å². The van der Waals surface area contributed by atoms with Gasteiger partial charge in [-0.05, 0) is 110 Å². The topological polar surface area (TPSA) is 272 Å². The fourth-order valence-electron chi connectivity index (χ4n) is 8.13. The molecule has 19 nitrogen and oxygen atoms in total. The van der Waals surface area contributed by atoms with E-state index < -0.39 is 20.7 Å². The molecule has 8 aromatic rings. The third kappa shape index (κ3) is 18.0. The molecule has 0 atom stereocenters. The van der Waals surface area contributed by atoms with Crippen LogP contribution in [0.3, 0.4) is 0 Å². The summed E-state index contributed by atoms with van der Waals surface area (Å²) < 4.78 is 27.2. The number of benzene rings is 6. The quantitative estimate of drug-likeness (QED) is 0.0165. The van der Waals surface area contributed by atoms with E-state index in [0.717, 1.165) is 32.1 Å². The van der Waals surface area contributed by atoms with Crippen molar-refractivity contribution in [3.05, 3.63) is 203 Å². The third-order valence-electron chi connectivity index (χ3n) is 12.3. The molecule has 2 heterocycles. The van der Waals surface area contributed by atoms with E-state index in [1.807, 2.05) is 13.8 Å². The van der Waals surface area contributed by atoms with Crippen molar-refractivity contribution >= 4 is 102 Å². The number of halogens is 2. The van der Waals surface area contributed by atoms with Crippen LogP contribution in [-0.2, 0) is 33.5 Å².